The molecule has 0 aromatic heterocycles. The van der Waals surface area contributed by atoms with E-state index >= 15 is 0 Å². The van der Waals surface area contributed by atoms with Crippen molar-refractivity contribution in [2.75, 3.05) is 13.6 Å². The van der Waals surface area contributed by atoms with E-state index in [1.807, 2.05) is 0 Å². The van der Waals surface area contributed by atoms with Gasteiger partial charge in [0.1, 0.15) is 5.78 Å². The van der Waals surface area contributed by atoms with Crippen molar-refractivity contribution < 1.29 is 4.79 Å². The van der Waals surface area contributed by atoms with Crippen LogP contribution in [0, 0.1) is 5.92 Å². The van der Waals surface area contributed by atoms with E-state index in [0.29, 0.717) is 11.7 Å². The number of hydrogen-bond acceptors (Lipinski definition) is 2. The standard InChI is InChI=1S/C12H23NO/c1-10(2)9-13(3)11-7-5-4-6-8-12(11)14/h10-11H,4-9H2,1-3H3. The van der Waals surface area contributed by atoms with E-state index < -0.39 is 0 Å². The Hall–Kier alpha value is -0.370. The second-order valence-electron chi connectivity index (χ2n) is 4.91. The summed E-state index contributed by atoms with van der Waals surface area (Å²) in [6.07, 6.45) is 5.43. The van der Waals surface area contributed by atoms with Crippen LogP contribution in [0.5, 0.6) is 0 Å². The molecule has 1 unspecified atom stereocenters. The normalized spacial score (nSPS) is 24.4. The molecular weight excluding hydrogens is 174 g/mol. The van der Waals surface area contributed by atoms with E-state index in [-0.39, 0.29) is 6.04 Å². The molecule has 0 heterocycles. The lowest BCUT2D eigenvalue weighted by Gasteiger charge is -2.27. The zero-order valence-electron chi connectivity index (χ0n) is 9.75. The average Bonchev–Trinajstić information content (AvgIpc) is 2.28. The van der Waals surface area contributed by atoms with Gasteiger partial charge in [-0.3, -0.25) is 9.69 Å². The van der Waals surface area contributed by atoms with Crippen molar-refractivity contribution in [1.29, 1.82) is 0 Å². The van der Waals surface area contributed by atoms with E-state index in [1.54, 1.807) is 0 Å². The lowest BCUT2D eigenvalue weighted by atomic mass is 10.0. The van der Waals surface area contributed by atoms with Crippen molar-refractivity contribution in [2.24, 2.45) is 5.92 Å². The van der Waals surface area contributed by atoms with Gasteiger partial charge in [0.05, 0.1) is 6.04 Å². The van der Waals surface area contributed by atoms with Crippen molar-refractivity contribution >= 4 is 5.78 Å². The average molecular weight is 197 g/mol. The molecule has 82 valence electrons. The van der Waals surface area contributed by atoms with Gasteiger partial charge in [-0.05, 0) is 25.8 Å². The van der Waals surface area contributed by atoms with Crippen molar-refractivity contribution in [1.82, 2.24) is 4.90 Å². The lowest BCUT2D eigenvalue weighted by Crippen LogP contribution is -2.39. The van der Waals surface area contributed by atoms with Crippen LogP contribution in [0.25, 0.3) is 0 Å². The Kier molecular flexibility index (Phi) is 4.59. The van der Waals surface area contributed by atoms with Gasteiger partial charge < -0.3 is 0 Å². The van der Waals surface area contributed by atoms with Gasteiger partial charge in [0.2, 0.25) is 0 Å². The number of nitrogens with zero attached hydrogens (tertiary/aromatic N) is 1. The van der Waals surface area contributed by atoms with Gasteiger partial charge in [0.25, 0.3) is 0 Å². The molecule has 0 aliphatic heterocycles. The molecule has 0 aromatic rings. The fourth-order valence-corrected chi connectivity index (χ4v) is 2.31. The summed E-state index contributed by atoms with van der Waals surface area (Å²) in [4.78, 5) is 14.0. The third-order valence-electron chi connectivity index (χ3n) is 2.96. The molecule has 0 aromatic carbocycles. The molecule has 0 bridgehead atoms. The first-order valence-electron chi connectivity index (χ1n) is 5.84. The summed E-state index contributed by atoms with van der Waals surface area (Å²) in [6, 6.07) is 0.208. The van der Waals surface area contributed by atoms with Crippen LogP contribution in [0.15, 0.2) is 0 Å². The van der Waals surface area contributed by atoms with Gasteiger partial charge in [0, 0.05) is 13.0 Å². The van der Waals surface area contributed by atoms with Gasteiger partial charge in [-0.25, -0.2) is 0 Å². The predicted molar refractivity (Wildman–Crippen MR) is 59.3 cm³/mol. The van der Waals surface area contributed by atoms with E-state index in [0.717, 1.165) is 25.8 Å². The highest BCUT2D eigenvalue weighted by Crippen LogP contribution is 2.19. The highest BCUT2D eigenvalue weighted by atomic mass is 16.1. The topological polar surface area (TPSA) is 20.3 Å². The summed E-state index contributed by atoms with van der Waals surface area (Å²) >= 11 is 0. The van der Waals surface area contributed by atoms with Crippen molar-refractivity contribution in [3.8, 4) is 0 Å². The molecule has 1 fully saturated rings. The fourth-order valence-electron chi connectivity index (χ4n) is 2.31. The SMILES string of the molecule is CC(C)CN(C)C1CCCCCC1=O. The maximum absolute atomic E-state index is 11.8. The minimum absolute atomic E-state index is 0.208. The maximum atomic E-state index is 11.8. The number of hydrogen-bond donors (Lipinski definition) is 0. The fraction of sp³-hybridized carbons (Fsp3) is 0.917. The number of Topliss-reactive ketones (excluding diaryl/α,β-unsaturated/α-hetero) is 1. The van der Waals surface area contributed by atoms with Gasteiger partial charge in [-0.2, -0.15) is 0 Å². The molecule has 1 atom stereocenters. The van der Waals surface area contributed by atoms with E-state index in [2.05, 4.69) is 25.8 Å². The van der Waals surface area contributed by atoms with E-state index in [9.17, 15) is 4.79 Å². The van der Waals surface area contributed by atoms with Gasteiger partial charge in [0.15, 0.2) is 0 Å². The summed E-state index contributed by atoms with van der Waals surface area (Å²) in [7, 11) is 2.09. The second kappa shape index (κ2) is 5.50. The molecule has 0 amide bonds. The number of carbonyl (C=O) groups excluding carboxylic acids is 1. The predicted octanol–water partition coefficient (Wildman–Crippen LogP) is 2.48. The number of likely N-dealkylation sites (N-methyl/N-ethyl adjacent to an activating group) is 1. The summed E-state index contributed by atoms with van der Waals surface area (Å²) in [5.41, 5.74) is 0. The van der Waals surface area contributed by atoms with Gasteiger partial charge in [-0.1, -0.05) is 26.7 Å². The summed E-state index contributed by atoms with van der Waals surface area (Å²) in [5, 5.41) is 0. The Morgan fingerprint density at radius 1 is 1.36 bits per heavy atom. The molecule has 0 N–H and O–H groups in total. The third-order valence-corrected chi connectivity index (χ3v) is 2.96. The molecular formula is C12H23NO. The van der Waals surface area contributed by atoms with Crippen LogP contribution < -0.4 is 0 Å². The third kappa shape index (κ3) is 3.41. The quantitative estimate of drug-likeness (QED) is 0.648. The number of carbonyl (C=O) groups is 1. The van der Waals surface area contributed by atoms with Crippen molar-refractivity contribution in [2.45, 2.75) is 52.0 Å². The minimum atomic E-state index is 0.208. The van der Waals surface area contributed by atoms with Crippen LogP contribution in [-0.2, 0) is 4.79 Å². The Morgan fingerprint density at radius 3 is 2.71 bits per heavy atom. The number of rotatable bonds is 3. The largest absolute Gasteiger partial charge is 0.298 e. The van der Waals surface area contributed by atoms with Crippen molar-refractivity contribution in [3.63, 3.8) is 0 Å². The molecule has 0 radical (unpaired) electrons. The highest BCUT2D eigenvalue weighted by Gasteiger charge is 2.24. The minimum Gasteiger partial charge on any atom is -0.298 e. The van der Waals surface area contributed by atoms with E-state index in [4.69, 9.17) is 0 Å². The molecule has 14 heavy (non-hydrogen) atoms. The molecule has 1 aliphatic carbocycles. The first-order valence-corrected chi connectivity index (χ1v) is 5.84. The first kappa shape index (κ1) is 11.7. The monoisotopic (exact) mass is 197 g/mol. The Balaban J connectivity index is 2.50. The molecule has 1 aliphatic rings. The molecule has 0 spiro atoms. The van der Waals surface area contributed by atoms with Gasteiger partial charge >= 0.3 is 0 Å². The number of ketones is 1. The highest BCUT2D eigenvalue weighted by molar-refractivity contribution is 5.84. The molecule has 2 nitrogen and oxygen atoms in total. The smallest absolute Gasteiger partial charge is 0.149 e. The zero-order valence-corrected chi connectivity index (χ0v) is 9.75. The summed E-state index contributed by atoms with van der Waals surface area (Å²) in [6.45, 7) is 5.45. The van der Waals surface area contributed by atoms with Crippen LogP contribution in [0.3, 0.4) is 0 Å². The molecule has 1 saturated carbocycles. The van der Waals surface area contributed by atoms with Crippen LogP contribution in [-0.4, -0.2) is 30.3 Å². The molecule has 1 rings (SSSR count). The Morgan fingerprint density at radius 2 is 2.07 bits per heavy atom. The molecule has 0 saturated heterocycles. The lowest BCUT2D eigenvalue weighted by molar-refractivity contribution is -0.123. The Labute approximate surface area is 87.7 Å². The van der Waals surface area contributed by atoms with Crippen LogP contribution >= 0.6 is 0 Å². The Bertz CT molecular complexity index is 189. The summed E-state index contributed by atoms with van der Waals surface area (Å²) in [5.74, 6) is 1.11. The van der Waals surface area contributed by atoms with Crippen LogP contribution in [0.1, 0.15) is 46.0 Å². The second-order valence-corrected chi connectivity index (χ2v) is 4.91. The zero-order chi connectivity index (χ0) is 10.6. The van der Waals surface area contributed by atoms with Gasteiger partial charge in [-0.15, -0.1) is 0 Å². The first-order chi connectivity index (χ1) is 6.61. The maximum Gasteiger partial charge on any atom is 0.149 e. The van der Waals surface area contributed by atoms with Crippen LogP contribution in [0.2, 0.25) is 0 Å². The van der Waals surface area contributed by atoms with Crippen molar-refractivity contribution in [3.05, 3.63) is 0 Å². The summed E-state index contributed by atoms with van der Waals surface area (Å²) < 4.78 is 0. The molecule has 2 heteroatoms. The van der Waals surface area contributed by atoms with E-state index in [1.165, 1.54) is 12.8 Å². The van der Waals surface area contributed by atoms with Crippen LogP contribution in [0.4, 0.5) is 0 Å².